The van der Waals surface area contributed by atoms with Crippen LogP contribution in [-0.4, -0.2) is 25.5 Å². The van der Waals surface area contributed by atoms with E-state index in [-0.39, 0.29) is 12.1 Å². The summed E-state index contributed by atoms with van der Waals surface area (Å²) in [5.41, 5.74) is 7.15. The Morgan fingerprint density at radius 1 is 1.18 bits per heavy atom. The fourth-order valence-electron chi connectivity index (χ4n) is 2.17. The zero-order valence-corrected chi connectivity index (χ0v) is 9.31. The Bertz CT molecular complexity index is 436. The maximum Gasteiger partial charge on any atom is 0.161 e. The van der Waals surface area contributed by atoms with Crippen molar-refractivity contribution in [1.29, 1.82) is 0 Å². The summed E-state index contributed by atoms with van der Waals surface area (Å²) in [5.74, 6) is 1.57. The van der Waals surface area contributed by atoms with Crippen molar-refractivity contribution in [2.24, 2.45) is 0 Å². The number of hydrogen-bond acceptors (Lipinski definition) is 5. The zero-order chi connectivity index (χ0) is 11.7. The minimum absolute atomic E-state index is 0.117. The molecular formula is C12H14N2O3. The summed E-state index contributed by atoms with van der Waals surface area (Å²) in [4.78, 5) is 10.7. The molecule has 2 heterocycles. The molecule has 0 saturated carbocycles. The molecule has 2 N–H and O–H groups in total. The molecule has 0 spiro atoms. The van der Waals surface area contributed by atoms with E-state index >= 15 is 0 Å². The van der Waals surface area contributed by atoms with E-state index in [4.69, 9.17) is 9.47 Å². The number of benzene rings is 1. The quantitative estimate of drug-likeness (QED) is 0.732. The van der Waals surface area contributed by atoms with Gasteiger partial charge in [0, 0.05) is 6.04 Å². The summed E-state index contributed by atoms with van der Waals surface area (Å²) in [5, 5.41) is 0. The summed E-state index contributed by atoms with van der Waals surface area (Å²) in [6.07, 6.45) is 1.67. The van der Waals surface area contributed by atoms with Gasteiger partial charge in [0.2, 0.25) is 0 Å². The van der Waals surface area contributed by atoms with Crippen LogP contribution in [0.15, 0.2) is 18.2 Å². The maximum absolute atomic E-state index is 10.7. The van der Waals surface area contributed by atoms with E-state index in [1.54, 1.807) is 0 Å². The van der Waals surface area contributed by atoms with Crippen LogP contribution >= 0.6 is 0 Å². The number of hydrazine groups is 1. The molecule has 2 unspecified atom stereocenters. The first-order valence-corrected chi connectivity index (χ1v) is 5.73. The lowest BCUT2D eigenvalue weighted by Crippen LogP contribution is -2.31. The lowest BCUT2D eigenvalue weighted by molar-refractivity contribution is -0.109. The molecule has 0 radical (unpaired) electrons. The summed E-state index contributed by atoms with van der Waals surface area (Å²) < 4.78 is 11.0. The van der Waals surface area contributed by atoms with Crippen LogP contribution in [0.4, 0.5) is 0 Å². The van der Waals surface area contributed by atoms with E-state index in [2.05, 4.69) is 10.9 Å². The van der Waals surface area contributed by atoms with Crippen LogP contribution in [0.1, 0.15) is 18.0 Å². The van der Waals surface area contributed by atoms with Gasteiger partial charge in [-0.3, -0.25) is 0 Å². The van der Waals surface area contributed by atoms with Crippen molar-refractivity contribution in [1.82, 2.24) is 10.9 Å². The molecule has 1 aromatic carbocycles. The zero-order valence-electron chi connectivity index (χ0n) is 9.31. The van der Waals surface area contributed by atoms with Gasteiger partial charge in [-0.2, -0.15) is 0 Å². The second-order valence-corrected chi connectivity index (χ2v) is 4.22. The Labute approximate surface area is 99.1 Å². The van der Waals surface area contributed by atoms with E-state index < -0.39 is 0 Å². The minimum Gasteiger partial charge on any atom is -0.486 e. The highest BCUT2D eigenvalue weighted by atomic mass is 16.6. The van der Waals surface area contributed by atoms with Gasteiger partial charge in [0.05, 0.1) is 6.04 Å². The lowest BCUT2D eigenvalue weighted by Gasteiger charge is -2.20. The fourth-order valence-corrected chi connectivity index (χ4v) is 2.17. The lowest BCUT2D eigenvalue weighted by atomic mass is 10.0. The molecule has 0 bridgehead atoms. The standard InChI is InChI=1S/C12H14N2O3/c15-7-9-6-10(14-13-9)8-1-2-11-12(5-8)17-4-3-16-11/h1-2,5,7,9-10,13-14H,3-4,6H2. The number of aldehydes is 1. The molecule has 5 nitrogen and oxygen atoms in total. The summed E-state index contributed by atoms with van der Waals surface area (Å²) in [6, 6.07) is 5.91. The number of carbonyl (C=O) groups is 1. The number of hydrogen-bond donors (Lipinski definition) is 2. The van der Waals surface area contributed by atoms with Crippen LogP contribution in [-0.2, 0) is 4.79 Å². The van der Waals surface area contributed by atoms with Gasteiger partial charge in [0.25, 0.3) is 0 Å². The van der Waals surface area contributed by atoms with Gasteiger partial charge >= 0.3 is 0 Å². The molecule has 5 heteroatoms. The van der Waals surface area contributed by atoms with Crippen LogP contribution in [0.5, 0.6) is 11.5 Å². The van der Waals surface area contributed by atoms with E-state index in [9.17, 15) is 4.79 Å². The average molecular weight is 234 g/mol. The Kier molecular flexibility index (Phi) is 2.70. The third-order valence-corrected chi connectivity index (χ3v) is 3.07. The van der Waals surface area contributed by atoms with Crippen molar-refractivity contribution in [2.75, 3.05) is 13.2 Å². The van der Waals surface area contributed by atoms with Crippen LogP contribution in [0.25, 0.3) is 0 Å². The highest BCUT2D eigenvalue weighted by Crippen LogP contribution is 2.34. The molecule has 1 aromatic rings. The number of fused-ring (bicyclic) bond motifs is 1. The second kappa shape index (κ2) is 4.35. The Balaban J connectivity index is 1.82. The second-order valence-electron chi connectivity index (χ2n) is 4.22. The highest BCUT2D eigenvalue weighted by molar-refractivity contribution is 5.58. The summed E-state index contributed by atoms with van der Waals surface area (Å²) in [6.45, 7) is 1.19. The van der Waals surface area contributed by atoms with E-state index in [1.807, 2.05) is 18.2 Å². The van der Waals surface area contributed by atoms with Crippen LogP contribution in [0.3, 0.4) is 0 Å². The van der Waals surface area contributed by atoms with Gasteiger partial charge in [0.1, 0.15) is 19.5 Å². The van der Waals surface area contributed by atoms with Crippen molar-refractivity contribution in [2.45, 2.75) is 18.5 Å². The number of ether oxygens (including phenoxy) is 2. The number of carbonyl (C=O) groups excluding carboxylic acids is 1. The van der Waals surface area contributed by atoms with Crippen LogP contribution < -0.4 is 20.3 Å². The maximum atomic E-state index is 10.7. The first kappa shape index (κ1) is 10.6. The summed E-state index contributed by atoms with van der Waals surface area (Å²) in [7, 11) is 0. The summed E-state index contributed by atoms with van der Waals surface area (Å²) >= 11 is 0. The van der Waals surface area contributed by atoms with Crippen molar-refractivity contribution >= 4 is 6.29 Å². The van der Waals surface area contributed by atoms with E-state index in [0.717, 1.165) is 29.8 Å². The van der Waals surface area contributed by atoms with Gasteiger partial charge in [-0.25, -0.2) is 10.9 Å². The monoisotopic (exact) mass is 234 g/mol. The normalized spacial score (nSPS) is 26.8. The predicted molar refractivity (Wildman–Crippen MR) is 60.9 cm³/mol. The molecule has 0 aromatic heterocycles. The van der Waals surface area contributed by atoms with Crippen molar-refractivity contribution in [3.63, 3.8) is 0 Å². The largest absolute Gasteiger partial charge is 0.486 e. The molecule has 3 rings (SSSR count). The molecule has 1 saturated heterocycles. The highest BCUT2D eigenvalue weighted by Gasteiger charge is 2.25. The first-order chi connectivity index (χ1) is 8.36. The van der Waals surface area contributed by atoms with E-state index in [1.165, 1.54) is 0 Å². The molecule has 2 aliphatic rings. The third kappa shape index (κ3) is 1.99. The predicted octanol–water partition coefficient (Wildman–Crippen LogP) is 0.564. The van der Waals surface area contributed by atoms with Crippen LogP contribution in [0.2, 0.25) is 0 Å². The molecule has 0 amide bonds. The number of nitrogens with one attached hydrogen (secondary N) is 2. The smallest absolute Gasteiger partial charge is 0.161 e. The van der Waals surface area contributed by atoms with Gasteiger partial charge in [-0.15, -0.1) is 0 Å². The molecule has 90 valence electrons. The molecule has 2 aliphatic heterocycles. The van der Waals surface area contributed by atoms with Gasteiger partial charge in [-0.1, -0.05) is 6.07 Å². The minimum atomic E-state index is -0.117. The first-order valence-electron chi connectivity index (χ1n) is 5.73. The number of rotatable bonds is 2. The van der Waals surface area contributed by atoms with Crippen LogP contribution in [0, 0.1) is 0 Å². The Hall–Kier alpha value is -1.59. The van der Waals surface area contributed by atoms with Crippen molar-refractivity contribution in [3.05, 3.63) is 23.8 Å². The fraction of sp³-hybridized carbons (Fsp3) is 0.417. The van der Waals surface area contributed by atoms with E-state index in [0.29, 0.717) is 13.2 Å². The van der Waals surface area contributed by atoms with Crippen molar-refractivity contribution < 1.29 is 14.3 Å². The Morgan fingerprint density at radius 2 is 2.00 bits per heavy atom. The van der Waals surface area contributed by atoms with Gasteiger partial charge < -0.3 is 14.3 Å². The molecule has 17 heavy (non-hydrogen) atoms. The molecule has 2 atom stereocenters. The Morgan fingerprint density at radius 3 is 2.76 bits per heavy atom. The topological polar surface area (TPSA) is 59.6 Å². The third-order valence-electron chi connectivity index (χ3n) is 3.07. The average Bonchev–Trinajstić information content (AvgIpc) is 2.87. The van der Waals surface area contributed by atoms with Gasteiger partial charge in [0.15, 0.2) is 11.5 Å². The molecule has 0 aliphatic carbocycles. The molecular weight excluding hydrogens is 220 g/mol. The van der Waals surface area contributed by atoms with Gasteiger partial charge in [-0.05, 0) is 24.1 Å². The molecule has 1 fully saturated rings. The SMILES string of the molecule is O=CC1CC(c2ccc3c(c2)OCCO3)NN1. The van der Waals surface area contributed by atoms with Crippen molar-refractivity contribution in [3.8, 4) is 11.5 Å².